The number of likely N-dealkylation sites (N-methyl/N-ethyl adjacent to an activating group) is 1. The number of benzene rings is 1. The van der Waals surface area contributed by atoms with Gasteiger partial charge in [0.15, 0.2) is 0 Å². The van der Waals surface area contributed by atoms with Crippen LogP contribution in [0.5, 0.6) is 0 Å². The summed E-state index contributed by atoms with van der Waals surface area (Å²) in [6, 6.07) is 4.25. The van der Waals surface area contributed by atoms with E-state index in [1.165, 1.54) is 24.0 Å². The summed E-state index contributed by atoms with van der Waals surface area (Å²) in [4.78, 5) is 29.4. The number of amides is 2. The Kier molecular flexibility index (Phi) is 6.05. The highest BCUT2D eigenvalue weighted by atomic mass is 19.4. The topological polar surface area (TPSA) is 43.9 Å². The second-order valence-corrected chi connectivity index (χ2v) is 5.96. The van der Waals surface area contributed by atoms with E-state index in [1.807, 2.05) is 0 Å². The summed E-state index contributed by atoms with van der Waals surface area (Å²) in [5, 5.41) is 0. The standard InChI is InChI=1S/C17H22F3N3O2/c1-3-21-8-10-22(11-9-21)16(25)12-23(13(2)24)15-6-4-14(5-7-15)17(18,19)20/h4-7H,3,8-12H2,1-2H3. The molecule has 0 N–H and O–H groups in total. The van der Waals surface area contributed by atoms with Crippen LogP contribution in [-0.2, 0) is 15.8 Å². The van der Waals surface area contributed by atoms with Gasteiger partial charge >= 0.3 is 6.18 Å². The summed E-state index contributed by atoms with van der Waals surface area (Å²) in [5.41, 5.74) is -0.511. The molecule has 0 saturated carbocycles. The summed E-state index contributed by atoms with van der Waals surface area (Å²) >= 11 is 0. The molecule has 25 heavy (non-hydrogen) atoms. The number of piperazine rings is 1. The predicted octanol–water partition coefficient (Wildman–Crippen LogP) is 2.22. The largest absolute Gasteiger partial charge is 0.416 e. The van der Waals surface area contributed by atoms with Crippen LogP contribution in [0.3, 0.4) is 0 Å². The molecule has 2 rings (SSSR count). The van der Waals surface area contributed by atoms with Crippen molar-refractivity contribution in [3.05, 3.63) is 29.8 Å². The molecule has 5 nitrogen and oxygen atoms in total. The second-order valence-electron chi connectivity index (χ2n) is 5.96. The van der Waals surface area contributed by atoms with Gasteiger partial charge in [0.05, 0.1) is 5.56 Å². The Morgan fingerprint density at radius 1 is 1.08 bits per heavy atom. The molecule has 1 aromatic carbocycles. The number of hydrogen-bond donors (Lipinski definition) is 0. The third-order valence-corrected chi connectivity index (χ3v) is 4.35. The zero-order valence-corrected chi connectivity index (χ0v) is 14.3. The fourth-order valence-corrected chi connectivity index (χ4v) is 2.76. The number of halogens is 3. The lowest BCUT2D eigenvalue weighted by atomic mass is 10.2. The van der Waals surface area contributed by atoms with Crippen LogP contribution in [-0.4, -0.2) is 60.9 Å². The van der Waals surface area contributed by atoms with Crippen LogP contribution in [0.1, 0.15) is 19.4 Å². The number of nitrogens with zero attached hydrogens (tertiary/aromatic N) is 3. The highest BCUT2D eigenvalue weighted by Crippen LogP contribution is 2.30. The zero-order chi connectivity index (χ0) is 18.6. The Balaban J connectivity index is 2.06. The summed E-state index contributed by atoms with van der Waals surface area (Å²) < 4.78 is 37.9. The molecule has 0 unspecified atom stereocenters. The first-order valence-electron chi connectivity index (χ1n) is 8.18. The van der Waals surface area contributed by atoms with E-state index in [2.05, 4.69) is 11.8 Å². The summed E-state index contributed by atoms with van der Waals surface area (Å²) in [5.74, 6) is -0.592. The van der Waals surface area contributed by atoms with E-state index in [-0.39, 0.29) is 24.0 Å². The van der Waals surface area contributed by atoms with Crippen LogP contribution in [0.4, 0.5) is 18.9 Å². The molecular weight excluding hydrogens is 335 g/mol. The van der Waals surface area contributed by atoms with Gasteiger partial charge in [-0.3, -0.25) is 9.59 Å². The Bertz CT molecular complexity index is 609. The highest BCUT2D eigenvalue weighted by molar-refractivity contribution is 5.97. The number of hydrogen-bond acceptors (Lipinski definition) is 3. The lowest BCUT2D eigenvalue weighted by Gasteiger charge is -2.35. The van der Waals surface area contributed by atoms with E-state index >= 15 is 0 Å². The zero-order valence-electron chi connectivity index (χ0n) is 14.3. The number of carbonyl (C=O) groups excluding carboxylic acids is 2. The molecule has 1 saturated heterocycles. The molecule has 0 atom stereocenters. The Labute approximate surface area is 145 Å². The smallest absolute Gasteiger partial charge is 0.339 e. The van der Waals surface area contributed by atoms with Crippen molar-refractivity contribution in [2.45, 2.75) is 20.0 Å². The maximum absolute atomic E-state index is 12.6. The third-order valence-electron chi connectivity index (χ3n) is 4.35. The number of alkyl halides is 3. The maximum Gasteiger partial charge on any atom is 0.416 e. The molecule has 0 aromatic heterocycles. The van der Waals surface area contributed by atoms with Crippen molar-refractivity contribution < 1.29 is 22.8 Å². The van der Waals surface area contributed by atoms with Gasteiger partial charge in [0.25, 0.3) is 0 Å². The first-order valence-corrected chi connectivity index (χ1v) is 8.18. The minimum Gasteiger partial charge on any atom is -0.339 e. The van der Waals surface area contributed by atoms with Gasteiger partial charge in [-0.1, -0.05) is 6.92 Å². The minimum atomic E-state index is -4.44. The van der Waals surface area contributed by atoms with E-state index in [9.17, 15) is 22.8 Å². The van der Waals surface area contributed by atoms with Gasteiger partial charge < -0.3 is 14.7 Å². The number of anilines is 1. The van der Waals surface area contributed by atoms with E-state index in [1.54, 1.807) is 4.90 Å². The van der Waals surface area contributed by atoms with Gasteiger partial charge in [0.2, 0.25) is 11.8 Å². The quantitative estimate of drug-likeness (QED) is 0.830. The Morgan fingerprint density at radius 3 is 2.08 bits per heavy atom. The molecular formula is C17H22F3N3O2. The predicted molar refractivity (Wildman–Crippen MR) is 88.2 cm³/mol. The minimum absolute atomic E-state index is 0.174. The average Bonchev–Trinajstić information content (AvgIpc) is 2.58. The van der Waals surface area contributed by atoms with Gasteiger partial charge in [-0.25, -0.2) is 0 Å². The van der Waals surface area contributed by atoms with Crippen LogP contribution in [0.2, 0.25) is 0 Å². The van der Waals surface area contributed by atoms with Crippen molar-refractivity contribution in [2.24, 2.45) is 0 Å². The second kappa shape index (κ2) is 7.86. The molecule has 1 aliphatic heterocycles. The molecule has 138 valence electrons. The maximum atomic E-state index is 12.6. The normalized spacial score (nSPS) is 16.0. The lowest BCUT2D eigenvalue weighted by molar-refractivity contribution is -0.137. The van der Waals surface area contributed by atoms with Crippen molar-refractivity contribution in [3.63, 3.8) is 0 Å². The van der Waals surface area contributed by atoms with E-state index < -0.39 is 11.7 Å². The van der Waals surface area contributed by atoms with E-state index in [4.69, 9.17) is 0 Å². The molecule has 1 fully saturated rings. The van der Waals surface area contributed by atoms with Gasteiger partial charge in [-0.05, 0) is 30.8 Å². The molecule has 0 aliphatic carbocycles. The molecule has 0 radical (unpaired) electrons. The molecule has 8 heteroatoms. The first kappa shape index (κ1) is 19.2. The van der Waals surface area contributed by atoms with Crippen molar-refractivity contribution in [1.82, 2.24) is 9.80 Å². The van der Waals surface area contributed by atoms with Gasteiger partial charge in [-0.2, -0.15) is 13.2 Å². The Morgan fingerprint density at radius 2 is 1.64 bits per heavy atom. The SMILES string of the molecule is CCN1CCN(C(=O)CN(C(C)=O)c2ccc(C(F)(F)F)cc2)CC1. The molecule has 1 heterocycles. The fourth-order valence-electron chi connectivity index (χ4n) is 2.76. The van der Waals surface area contributed by atoms with Crippen molar-refractivity contribution >= 4 is 17.5 Å². The average molecular weight is 357 g/mol. The van der Waals surface area contributed by atoms with Gasteiger partial charge in [0, 0.05) is 38.8 Å². The van der Waals surface area contributed by atoms with Gasteiger partial charge in [0.1, 0.15) is 6.54 Å². The van der Waals surface area contributed by atoms with Crippen LogP contribution in [0.15, 0.2) is 24.3 Å². The molecule has 2 amide bonds. The summed E-state index contributed by atoms with van der Waals surface area (Å²) in [7, 11) is 0. The monoisotopic (exact) mass is 357 g/mol. The molecule has 0 spiro atoms. The fraction of sp³-hybridized carbons (Fsp3) is 0.529. The van der Waals surface area contributed by atoms with Crippen molar-refractivity contribution in [3.8, 4) is 0 Å². The van der Waals surface area contributed by atoms with E-state index in [0.717, 1.165) is 31.8 Å². The van der Waals surface area contributed by atoms with Gasteiger partial charge in [-0.15, -0.1) is 0 Å². The molecule has 0 bridgehead atoms. The lowest BCUT2D eigenvalue weighted by Crippen LogP contribution is -2.51. The van der Waals surface area contributed by atoms with E-state index in [0.29, 0.717) is 13.1 Å². The third kappa shape index (κ3) is 4.94. The van der Waals surface area contributed by atoms with Crippen LogP contribution >= 0.6 is 0 Å². The number of rotatable bonds is 4. The van der Waals surface area contributed by atoms with Crippen molar-refractivity contribution in [1.29, 1.82) is 0 Å². The summed E-state index contributed by atoms with van der Waals surface area (Å²) in [6.07, 6.45) is -4.44. The number of carbonyl (C=O) groups is 2. The molecule has 1 aromatic rings. The highest BCUT2D eigenvalue weighted by Gasteiger charge is 2.30. The van der Waals surface area contributed by atoms with Crippen LogP contribution in [0, 0.1) is 0 Å². The summed E-state index contributed by atoms with van der Waals surface area (Å²) in [6.45, 7) is 6.83. The first-order chi connectivity index (χ1) is 11.7. The van der Waals surface area contributed by atoms with Crippen molar-refractivity contribution in [2.75, 3.05) is 44.2 Å². The van der Waals surface area contributed by atoms with Crippen LogP contribution < -0.4 is 4.90 Å². The molecule has 1 aliphatic rings. The Hall–Kier alpha value is -2.09. The van der Waals surface area contributed by atoms with Crippen LogP contribution in [0.25, 0.3) is 0 Å².